The van der Waals surface area contributed by atoms with Gasteiger partial charge in [-0.1, -0.05) is 79.2 Å². The monoisotopic (exact) mass is 584 g/mol. The Labute approximate surface area is 242 Å². The lowest BCUT2D eigenvalue weighted by molar-refractivity contribution is 0.0972. The number of sulfonamides is 1. The Morgan fingerprint density at radius 3 is 2.10 bits per heavy atom. The summed E-state index contributed by atoms with van der Waals surface area (Å²) >= 11 is 6.32. The molecule has 0 aliphatic heterocycles. The maximum atomic E-state index is 13.8. The molecule has 5 aromatic rings. The smallest absolute Gasteiger partial charge is 0.264 e. The van der Waals surface area contributed by atoms with Gasteiger partial charge in [0.1, 0.15) is 0 Å². The van der Waals surface area contributed by atoms with Gasteiger partial charge in [-0.2, -0.15) is 0 Å². The van der Waals surface area contributed by atoms with E-state index in [2.05, 4.69) is 4.72 Å². The van der Waals surface area contributed by atoms with Crippen LogP contribution in [-0.2, 0) is 16.6 Å². The summed E-state index contributed by atoms with van der Waals surface area (Å²) in [6, 6.07) is 28.2. The number of nitrogens with one attached hydrogen (secondary N) is 1. The van der Waals surface area contributed by atoms with Crippen LogP contribution < -0.4 is 10.3 Å². The second-order valence-electron chi connectivity index (χ2n) is 9.39. The van der Waals surface area contributed by atoms with Crippen molar-refractivity contribution in [2.75, 3.05) is 0 Å². The molecule has 7 nitrogen and oxygen atoms in total. The number of rotatable bonds is 8. The molecule has 0 radical (unpaired) electrons. The lowest BCUT2D eigenvalue weighted by Gasteiger charge is -2.19. The molecule has 0 atom stereocenters. The van der Waals surface area contributed by atoms with Crippen molar-refractivity contribution < 1.29 is 18.0 Å². The molecule has 0 aliphatic carbocycles. The van der Waals surface area contributed by atoms with Gasteiger partial charge in [0.25, 0.3) is 21.5 Å². The van der Waals surface area contributed by atoms with Crippen LogP contribution in [-0.4, -0.2) is 24.7 Å². The van der Waals surface area contributed by atoms with Gasteiger partial charge in [-0.3, -0.25) is 19.0 Å². The minimum atomic E-state index is -4.04. The van der Waals surface area contributed by atoms with Crippen molar-refractivity contribution in [2.45, 2.75) is 24.8 Å². The van der Waals surface area contributed by atoms with Crippen LogP contribution in [0.2, 0.25) is 5.02 Å². The number of carbonyl (C=O) groups excluding carboxylic acids is 2. The lowest BCUT2D eigenvalue weighted by atomic mass is 9.94. The van der Waals surface area contributed by atoms with Crippen LogP contribution >= 0.6 is 11.6 Å². The third-order valence-electron chi connectivity index (χ3n) is 6.72. The van der Waals surface area contributed by atoms with Gasteiger partial charge in [0.2, 0.25) is 0 Å². The average Bonchev–Trinajstić information content (AvgIpc) is 2.99. The Kier molecular flexibility index (Phi) is 7.88. The summed E-state index contributed by atoms with van der Waals surface area (Å²) in [5, 5.41) is 1.46. The molecule has 0 saturated heterocycles. The van der Waals surface area contributed by atoms with Gasteiger partial charge in [-0.15, -0.1) is 0 Å². The van der Waals surface area contributed by atoms with E-state index in [9.17, 15) is 22.8 Å². The van der Waals surface area contributed by atoms with Gasteiger partial charge in [0.05, 0.1) is 17.1 Å². The van der Waals surface area contributed by atoms with Gasteiger partial charge >= 0.3 is 0 Å². The van der Waals surface area contributed by atoms with E-state index in [4.69, 9.17) is 11.6 Å². The summed E-state index contributed by atoms with van der Waals surface area (Å²) < 4.78 is 28.6. The molecular formula is C32H25ClN2O5S. The summed E-state index contributed by atoms with van der Waals surface area (Å²) in [5.74, 6) is -0.988. The third kappa shape index (κ3) is 5.70. The molecule has 1 N–H and O–H groups in total. The van der Waals surface area contributed by atoms with Gasteiger partial charge in [-0.05, 0) is 59.0 Å². The number of pyridine rings is 1. The van der Waals surface area contributed by atoms with Crippen molar-refractivity contribution in [3.05, 3.63) is 135 Å². The highest BCUT2D eigenvalue weighted by Gasteiger charge is 2.23. The molecule has 41 heavy (non-hydrogen) atoms. The number of fused-ring (bicyclic) bond motifs is 1. The average molecular weight is 585 g/mol. The fourth-order valence-corrected chi connectivity index (χ4v) is 5.88. The number of amides is 1. The van der Waals surface area contributed by atoms with Crippen LogP contribution in [0.5, 0.6) is 0 Å². The number of benzene rings is 4. The molecule has 0 fully saturated rings. The van der Waals surface area contributed by atoms with Crippen molar-refractivity contribution in [3.8, 4) is 11.1 Å². The Morgan fingerprint density at radius 1 is 0.829 bits per heavy atom. The number of aromatic nitrogens is 1. The topological polar surface area (TPSA) is 102 Å². The molecule has 1 aromatic heterocycles. The van der Waals surface area contributed by atoms with E-state index >= 15 is 0 Å². The lowest BCUT2D eigenvalue weighted by Crippen LogP contribution is -2.30. The summed E-state index contributed by atoms with van der Waals surface area (Å²) in [6.45, 7) is 1.80. The zero-order valence-electron chi connectivity index (χ0n) is 22.0. The van der Waals surface area contributed by atoms with Crippen molar-refractivity contribution in [1.29, 1.82) is 0 Å². The molecule has 5 rings (SSSR count). The van der Waals surface area contributed by atoms with Crippen molar-refractivity contribution in [1.82, 2.24) is 9.29 Å². The fraction of sp³-hybridized carbons (Fsp3) is 0.0938. The summed E-state index contributed by atoms with van der Waals surface area (Å²) in [6.07, 6.45) is 0.181. The number of halogens is 1. The van der Waals surface area contributed by atoms with E-state index < -0.39 is 15.9 Å². The van der Waals surface area contributed by atoms with E-state index in [-0.39, 0.29) is 40.5 Å². The van der Waals surface area contributed by atoms with E-state index in [0.29, 0.717) is 26.9 Å². The minimum Gasteiger partial charge on any atom is -0.300 e. The second-order valence-corrected chi connectivity index (χ2v) is 11.5. The molecule has 4 aromatic carbocycles. The Bertz CT molecular complexity index is 1940. The molecule has 0 aliphatic rings. The number of carbonyl (C=O) groups is 2. The van der Waals surface area contributed by atoms with Crippen LogP contribution in [0.3, 0.4) is 0 Å². The summed E-state index contributed by atoms with van der Waals surface area (Å²) in [5.41, 5.74) is 2.10. The number of nitrogens with zero attached hydrogens (tertiary/aromatic N) is 1. The van der Waals surface area contributed by atoms with Crippen molar-refractivity contribution in [2.24, 2.45) is 0 Å². The number of Topliss-reactive ketones (excluding diaryl/α,β-unsaturated/α-hetero) is 1. The first kappa shape index (κ1) is 28.0. The number of ketones is 1. The van der Waals surface area contributed by atoms with E-state index in [0.717, 1.165) is 5.56 Å². The summed E-state index contributed by atoms with van der Waals surface area (Å²) in [4.78, 5) is 39.9. The SMILES string of the molecule is CCC(=O)c1c(-c2ccccc2)c2cc(Cl)ccc2c(=O)n1Cc1ccc(C(=O)NS(=O)(=O)c2ccccc2)cc1. The molecule has 206 valence electrons. The standard InChI is InChI=1S/C32H25ClN2O5S/c1-2-28(36)30-29(22-9-5-3-6-10-22)27-19-24(33)17-18-26(27)32(38)35(30)20-21-13-15-23(16-14-21)31(37)34-41(39,40)25-11-7-4-8-12-25/h3-19H,2,20H2,1H3,(H,34,37). The van der Waals surface area contributed by atoms with Crippen LogP contribution in [0.1, 0.15) is 39.8 Å². The molecule has 0 spiro atoms. The predicted octanol–water partition coefficient (Wildman–Crippen LogP) is 6.08. The summed E-state index contributed by atoms with van der Waals surface area (Å²) in [7, 11) is -4.04. The highest BCUT2D eigenvalue weighted by molar-refractivity contribution is 7.90. The number of hydrogen-bond acceptors (Lipinski definition) is 5. The Balaban J connectivity index is 1.56. The predicted molar refractivity (Wildman–Crippen MR) is 160 cm³/mol. The highest BCUT2D eigenvalue weighted by atomic mass is 35.5. The van der Waals surface area contributed by atoms with E-state index in [1.165, 1.54) is 28.8 Å². The maximum Gasteiger partial charge on any atom is 0.264 e. The zero-order chi connectivity index (χ0) is 29.1. The van der Waals surface area contributed by atoms with Gasteiger partial charge in [-0.25, -0.2) is 13.1 Å². The molecule has 0 unspecified atom stereocenters. The first-order chi connectivity index (χ1) is 19.7. The maximum absolute atomic E-state index is 13.8. The minimum absolute atomic E-state index is 0.0238. The van der Waals surface area contributed by atoms with Crippen LogP contribution in [0.15, 0.2) is 113 Å². The van der Waals surface area contributed by atoms with Crippen molar-refractivity contribution in [3.63, 3.8) is 0 Å². The molecule has 0 saturated carbocycles. The molecular weight excluding hydrogens is 560 g/mol. The highest BCUT2D eigenvalue weighted by Crippen LogP contribution is 2.33. The van der Waals surface area contributed by atoms with Gasteiger partial charge in [0.15, 0.2) is 5.78 Å². The quantitative estimate of drug-likeness (QED) is 0.223. The molecule has 1 amide bonds. The first-order valence-corrected chi connectivity index (χ1v) is 14.7. The zero-order valence-corrected chi connectivity index (χ0v) is 23.6. The van der Waals surface area contributed by atoms with Crippen LogP contribution in [0, 0.1) is 0 Å². The third-order valence-corrected chi connectivity index (χ3v) is 8.30. The normalized spacial score (nSPS) is 11.4. The van der Waals surface area contributed by atoms with Gasteiger partial charge < -0.3 is 0 Å². The van der Waals surface area contributed by atoms with Crippen molar-refractivity contribution >= 4 is 44.1 Å². The molecule has 9 heteroatoms. The number of hydrogen-bond donors (Lipinski definition) is 1. The van der Waals surface area contributed by atoms with E-state index in [1.54, 1.807) is 55.5 Å². The van der Waals surface area contributed by atoms with Crippen LogP contribution in [0.4, 0.5) is 0 Å². The van der Waals surface area contributed by atoms with Crippen LogP contribution in [0.25, 0.3) is 21.9 Å². The Morgan fingerprint density at radius 2 is 1.46 bits per heavy atom. The second kappa shape index (κ2) is 11.5. The first-order valence-electron chi connectivity index (χ1n) is 12.9. The Hall–Kier alpha value is -4.53. The van der Waals surface area contributed by atoms with Gasteiger partial charge in [0, 0.05) is 28.0 Å². The molecule has 1 heterocycles. The molecule has 0 bridgehead atoms. The largest absolute Gasteiger partial charge is 0.300 e. The fourth-order valence-electron chi connectivity index (χ4n) is 4.71. The van der Waals surface area contributed by atoms with E-state index in [1.807, 2.05) is 30.3 Å².